The Morgan fingerprint density at radius 3 is 2.58 bits per heavy atom. The van der Waals surface area contributed by atoms with Gasteiger partial charge in [-0.25, -0.2) is 13.8 Å². The summed E-state index contributed by atoms with van der Waals surface area (Å²) < 4.78 is 27.7. The fraction of sp³-hybridized carbons (Fsp3) is 0. The molecule has 0 fully saturated rings. The van der Waals surface area contributed by atoms with Gasteiger partial charge in [0.2, 0.25) is 0 Å². The molecule has 3 aromatic rings. The predicted molar refractivity (Wildman–Crippen MR) is 82.0 cm³/mol. The summed E-state index contributed by atoms with van der Waals surface area (Å²) in [5, 5.41) is 3.78. The second kappa shape index (κ2) is 5.01. The number of nitrogens with zero attached hydrogens (tertiary/aromatic N) is 1. The Balaban J connectivity index is 1.96. The van der Waals surface area contributed by atoms with Crippen LogP contribution in [0.5, 0.6) is 0 Å². The normalized spacial score (nSPS) is 10.9. The van der Waals surface area contributed by atoms with Crippen LogP contribution in [0.1, 0.15) is 0 Å². The first-order valence-corrected chi connectivity index (χ1v) is 7.29. The average Bonchev–Trinajstić information content (AvgIpc) is 2.74. The number of benzene rings is 2. The minimum Gasteiger partial charge on any atom is -0.331 e. The number of anilines is 2. The van der Waals surface area contributed by atoms with Gasteiger partial charge in [0.1, 0.15) is 11.6 Å². The summed E-state index contributed by atoms with van der Waals surface area (Å²) in [7, 11) is 0. The topological polar surface area (TPSA) is 24.9 Å². The highest BCUT2D eigenvalue weighted by Crippen LogP contribution is 2.30. The van der Waals surface area contributed by atoms with E-state index in [4.69, 9.17) is 0 Å². The molecule has 0 saturated heterocycles. The van der Waals surface area contributed by atoms with Gasteiger partial charge in [-0.1, -0.05) is 11.3 Å². The van der Waals surface area contributed by atoms with Crippen molar-refractivity contribution < 1.29 is 8.78 Å². The van der Waals surface area contributed by atoms with Crippen LogP contribution in [-0.4, -0.2) is 4.98 Å². The quantitative estimate of drug-likeness (QED) is 0.631. The van der Waals surface area contributed by atoms with Gasteiger partial charge >= 0.3 is 0 Å². The number of fused-ring (bicyclic) bond motifs is 1. The van der Waals surface area contributed by atoms with Gasteiger partial charge in [-0.3, -0.25) is 0 Å². The molecule has 6 heteroatoms. The molecule has 0 aliphatic rings. The maximum Gasteiger partial charge on any atom is 0.188 e. The van der Waals surface area contributed by atoms with E-state index in [9.17, 15) is 8.78 Å². The first-order valence-electron chi connectivity index (χ1n) is 5.40. The van der Waals surface area contributed by atoms with Gasteiger partial charge in [0, 0.05) is 3.57 Å². The van der Waals surface area contributed by atoms with E-state index in [-0.39, 0.29) is 11.6 Å². The summed E-state index contributed by atoms with van der Waals surface area (Å²) in [4.78, 5) is 4.36. The van der Waals surface area contributed by atoms with E-state index in [1.54, 1.807) is 12.1 Å². The van der Waals surface area contributed by atoms with Crippen molar-refractivity contribution in [2.24, 2.45) is 0 Å². The smallest absolute Gasteiger partial charge is 0.188 e. The van der Waals surface area contributed by atoms with Crippen LogP contribution < -0.4 is 5.32 Å². The number of hydrogen-bond acceptors (Lipinski definition) is 3. The summed E-state index contributed by atoms with van der Waals surface area (Å²) >= 11 is 3.41. The number of halogens is 3. The Morgan fingerprint density at radius 2 is 1.79 bits per heavy atom. The predicted octanol–water partition coefficient (Wildman–Crippen LogP) is 4.92. The summed E-state index contributed by atoms with van der Waals surface area (Å²) in [5.41, 5.74) is 1.52. The molecule has 2 aromatic carbocycles. The Bertz CT molecular complexity index is 757. The average molecular weight is 388 g/mol. The molecule has 1 N–H and O–H groups in total. The number of aromatic nitrogens is 1. The largest absolute Gasteiger partial charge is 0.331 e. The molecule has 0 unspecified atom stereocenters. The van der Waals surface area contributed by atoms with Crippen LogP contribution in [0.15, 0.2) is 36.4 Å². The third kappa shape index (κ3) is 2.69. The number of hydrogen-bond donors (Lipinski definition) is 1. The highest BCUT2D eigenvalue weighted by molar-refractivity contribution is 14.1. The molecule has 1 aromatic heterocycles. The standard InChI is InChI=1S/C13H7F2IN2S/c14-7-1-3-10(9(16)5-7)17-13-18-11-4-2-8(15)6-12(11)19-13/h1-6H,(H,17,18). The van der Waals surface area contributed by atoms with Crippen molar-refractivity contribution in [2.45, 2.75) is 0 Å². The lowest BCUT2D eigenvalue weighted by Crippen LogP contribution is -1.92. The number of nitrogens with one attached hydrogen (secondary N) is 1. The first kappa shape index (κ1) is 12.7. The molecule has 3 rings (SSSR count). The van der Waals surface area contributed by atoms with Gasteiger partial charge in [-0.15, -0.1) is 0 Å². The fourth-order valence-corrected chi connectivity index (χ4v) is 3.17. The lowest BCUT2D eigenvalue weighted by molar-refractivity contribution is 0.627. The zero-order valence-electron chi connectivity index (χ0n) is 9.45. The van der Waals surface area contributed by atoms with Crippen LogP contribution in [0.4, 0.5) is 19.6 Å². The third-order valence-electron chi connectivity index (χ3n) is 2.52. The van der Waals surface area contributed by atoms with E-state index in [2.05, 4.69) is 32.9 Å². The molecule has 0 spiro atoms. The summed E-state index contributed by atoms with van der Waals surface area (Å²) in [5.74, 6) is -0.555. The Kier molecular flexibility index (Phi) is 3.36. The Hall–Kier alpha value is -1.28. The molecule has 19 heavy (non-hydrogen) atoms. The second-order valence-corrected chi connectivity index (χ2v) is 6.07. The van der Waals surface area contributed by atoms with Crippen LogP contribution >= 0.6 is 33.9 Å². The van der Waals surface area contributed by atoms with Gasteiger partial charge in [-0.2, -0.15) is 0 Å². The van der Waals surface area contributed by atoms with E-state index in [0.717, 1.165) is 19.5 Å². The molecule has 2 nitrogen and oxygen atoms in total. The van der Waals surface area contributed by atoms with Crippen molar-refractivity contribution in [3.05, 3.63) is 51.6 Å². The van der Waals surface area contributed by atoms with Crippen molar-refractivity contribution in [1.29, 1.82) is 0 Å². The van der Waals surface area contributed by atoms with Crippen molar-refractivity contribution in [3.8, 4) is 0 Å². The maximum atomic E-state index is 13.1. The minimum absolute atomic E-state index is 0.277. The molecule has 0 amide bonds. The van der Waals surface area contributed by atoms with E-state index in [1.165, 1.54) is 35.6 Å². The molecule has 0 saturated carbocycles. The van der Waals surface area contributed by atoms with Crippen LogP contribution in [0.3, 0.4) is 0 Å². The molecule has 0 bridgehead atoms. The molecule has 1 heterocycles. The van der Waals surface area contributed by atoms with Crippen LogP contribution in [0.2, 0.25) is 0 Å². The lowest BCUT2D eigenvalue weighted by atomic mass is 10.3. The Labute approximate surface area is 125 Å². The SMILES string of the molecule is Fc1ccc(Nc2nc3ccc(F)cc3s2)c(I)c1. The zero-order chi connectivity index (χ0) is 13.4. The van der Waals surface area contributed by atoms with Gasteiger partial charge in [0.25, 0.3) is 0 Å². The van der Waals surface area contributed by atoms with E-state index >= 15 is 0 Å². The molecule has 0 radical (unpaired) electrons. The van der Waals surface area contributed by atoms with Gasteiger partial charge in [0.15, 0.2) is 5.13 Å². The minimum atomic E-state index is -0.279. The van der Waals surface area contributed by atoms with E-state index in [0.29, 0.717) is 5.13 Å². The molecule has 0 aliphatic heterocycles. The maximum absolute atomic E-state index is 13.1. The molecular weight excluding hydrogens is 381 g/mol. The monoisotopic (exact) mass is 388 g/mol. The van der Waals surface area contributed by atoms with Gasteiger partial charge < -0.3 is 5.32 Å². The summed E-state index contributed by atoms with van der Waals surface area (Å²) in [6.45, 7) is 0. The first-order chi connectivity index (χ1) is 9.11. The number of rotatable bonds is 2. The van der Waals surface area contributed by atoms with Crippen molar-refractivity contribution in [1.82, 2.24) is 4.98 Å². The fourth-order valence-electron chi connectivity index (χ4n) is 1.66. The zero-order valence-corrected chi connectivity index (χ0v) is 12.4. The van der Waals surface area contributed by atoms with Gasteiger partial charge in [0.05, 0.1) is 15.9 Å². The van der Waals surface area contributed by atoms with E-state index in [1.807, 2.05) is 0 Å². The van der Waals surface area contributed by atoms with Crippen molar-refractivity contribution >= 4 is 55.0 Å². The third-order valence-corrected chi connectivity index (χ3v) is 4.35. The molecule has 0 aliphatic carbocycles. The van der Waals surface area contributed by atoms with Crippen molar-refractivity contribution in [3.63, 3.8) is 0 Å². The van der Waals surface area contributed by atoms with Crippen LogP contribution in [-0.2, 0) is 0 Å². The highest BCUT2D eigenvalue weighted by atomic mass is 127. The second-order valence-electron chi connectivity index (χ2n) is 3.88. The lowest BCUT2D eigenvalue weighted by Gasteiger charge is -2.04. The summed E-state index contributed by atoms with van der Waals surface area (Å²) in [6.07, 6.45) is 0. The van der Waals surface area contributed by atoms with Crippen molar-refractivity contribution in [2.75, 3.05) is 5.32 Å². The summed E-state index contributed by atoms with van der Waals surface area (Å²) in [6, 6.07) is 8.96. The molecule has 96 valence electrons. The highest BCUT2D eigenvalue weighted by Gasteiger charge is 2.07. The molecular formula is C13H7F2IN2S. The van der Waals surface area contributed by atoms with Crippen LogP contribution in [0, 0.1) is 15.2 Å². The molecule has 0 atom stereocenters. The Morgan fingerprint density at radius 1 is 1.05 bits per heavy atom. The number of thiazole rings is 1. The van der Waals surface area contributed by atoms with Gasteiger partial charge in [-0.05, 0) is 59.0 Å². The van der Waals surface area contributed by atoms with E-state index < -0.39 is 0 Å². The van der Waals surface area contributed by atoms with Crippen LogP contribution in [0.25, 0.3) is 10.2 Å².